The van der Waals surface area contributed by atoms with Crippen molar-refractivity contribution in [2.75, 3.05) is 5.32 Å². The lowest BCUT2D eigenvalue weighted by Gasteiger charge is -2.03. The molecule has 1 amide bonds. The molecule has 1 aromatic carbocycles. The van der Waals surface area contributed by atoms with Gasteiger partial charge < -0.3 is 5.32 Å². The van der Waals surface area contributed by atoms with Crippen molar-refractivity contribution >= 4 is 29.4 Å². The van der Waals surface area contributed by atoms with Crippen LogP contribution in [0, 0.1) is 13.8 Å². The van der Waals surface area contributed by atoms with E-state index in [2.05, 4.69) is 15.4 Å². The number of aryl methyl sites for hydroxylation is 2. The van der Waals surface area contributed by atoms with Crippen LogP contribution in [0.2, 0.25) is 5.15 Å². The number of carbonyl (C=O) groups is 1. The van der Waals surface area contributed by atoms with Gasteiger partial charge in [0.2, 0.25) is 5.91 Å². The summed E-state index contributed by atoms with van der Waals surface area (Å²) in [6.07, 6.45) is 3.12. The Hall–Kier alpha value is -2.92. The van der Waals surface area contributed by atoms with Gasteiger partial charge in [-0.05, 0) is 37.6 Å². The van der Waals surface area contributed by atoms with Crippen LogP contribution in [0.4, 0.5) is 5.82 Å². The van der Waals surface area contributed by atoms with Crippen molar-refractivity contribution in [3.05, 3.63) is 82.3 Å². The van der Waals surface area contributed by atoms with E-state index in [-0.39, 0.29) is 5.91 Å². The molecule has 3 aromatic rings. The lowest BCUT2D eigenvalue weighted by molar-refractivity contribution is -0.111. The number of nitrogens with zero attached hydrogens (tertiary/aromatic N) is 3. The van der Waals surface area contributed by atoms with Crippen LogP contribution in [0.25, 0.3) is 6.08 Å². The van der Waals surface area contributed by atoms with Crippen LogP contribution in [0.1, 0.15) is 22.5 Å². The number of hydrogen-bond donors (Lipinski definition) is 1. The Kier molecular flexibility index (Phi) is 5.49. The van der Waals surface area contributed by atoms with Crippen molar-refractivity contribution in [3.8, 4) is 0 Å². The number of rotatable bonds is 5. The third-order valence-corrected chi connectivity index (χ3v) is 4.22. The Morgan fingerprint density at radius 1 is 1.15 bits per heavy atom. The first-order valence-corrected chi connectivity index (χ1v) is 8.60. The number of amides is 1. The molecule has 0 aliphatic rings. The van der Waals surface area contributed by atoms with Crippen molar-refractivity contribution in [3.63, 3.8) is 0 Å². The van der Waals surface area contributed by atoms with E-state index in [9.17, 15) is 4.79 Å². The minimum atomic E-state index is -0.269. The Morgan fingerprint density at radius 2 is 1.92 bits per heavy atom. The van der Waals surface area contributed by atoms with Crippen LogP contribution in [0.3, 0.4) is 0 Å². The standard InChI is InChI=1S/C20H19ClN4O/c1-14-7-6-10-18(22-14)23-19(26)12-11-17-15(2)24-25(20(17)21)13-16-8-4-3-5-9-16/h3-12H,13H2,1-2H3,(H,22,23,26)/b12-11+. The molecule has 0 saturated heterocycles. The van der Waals surface area contributed by atoms with Gasteiger partial charge >= 0.3 is 0 Å². The van der Waals surface area contributed by atoms with Gasteiger partial charge in [0.05, 0.1) is 12.2 Å². The molecule has 0 fully saturated rings. The molecule has 0 radical (unpaired) electrons. The van der Waals surface area contributed by atoms with Gasteiger partial charge in [-0.25, -0.2) is 9.67 Å². The van der Waals surface area contributed by atoms with E-state index in [1.54, 1.807) is 16.8 Å². The van der Waals surface area contributed by atoms with Gasteiger partial charge in [0.15, 0.2) is 0 Å². The summed E-state index contributed by atoms with van der Waals surface area (Å²) in [7, 11) is 0. The van der Waals surface area contributed by atoms with Gasteiger partial charge in [-0.3, -0.25) is 4.79 Å². The normalized spacial score (nSPS) is 11.0. The summed E-state index contributed by atoms with van der Waals surface area (Å²) in [5.41, 5.74) is 3.45. The zero-order valence-electron chi connectivity index (χ0n) is 14.6. The van der Waals surface area contributed by atoms with E-state index >= 15 is 0 Å². The monoisotopic (exact) mass is 366 g/mol. The molecule has 3 rings (SSSR count). The number of carbonyl (C=O) groups excluding carboxylic acids is 1. The number of pyridine rings is 1. The highest BCUT2D eigenvalue weighted by molar-refractivity contribution is 6.31. The third kappa shape index (κ3) is 4.37. The highest BCUT2D eigenvalue weighted by atomic mass is 35.5. The van der Waals surface area contributed by atoms with Gasteiger partial charge in [0.1, 0.15) is 11.0 Å². The molecule has 0 spiro atoms. The molecule has 0 saturated carbocycles. The minimum Gasteiger partial charge on any atom is -0.307 e. The van der Waals surface area contributed by atoms with E-state index in [4.69, 9.17) is 11.6 Å². The zero-order chi connectivity index (χ0) is 18.5. The lowest BCUT2D eigenvalue weighted by atomic mass is 10.2. The van der Waals surface area contributed by atoms with Crippen molar-refractivity contribution in [1.82, 2.24) is 14.8 Å². The predicted octanol–water partition coefficient (Wildman–Crippen LogP) is 4.25. The summed E-state index contributed by atoms with van der Waals surface area (Å²) >= 11 is 6.45. The van der Waals surface area contributed by atoms with Gasteiger partial charge in [-0.2, -0.15) is 5.10 Å². The molecule has 0 atom stereocenters. The fraction of sp³-hybridized carbons (Fsp3) is 0.150. The van der Waals surface area contributed by atoms with Crippen LogP contribution in [-0.4, -0.2) is 20.7 Å². The van der Waals surface area contributed by atoms with Crippen molar-refractivity contribution in [2.45, 2.75) is 20.4 Å². The van der Waals surface area contributed by atoms with Crippen LogP contribution in [0.5, 0.6) is 0 Å². The molecule has 6 heteroatoms. The molecule has 0 aliphatic heterocycles. The zero-order valence-corrected chi connectivity index (χ0v) is 15.4. The Labute approximate surface area is 157 Å². The molecule has 0 aliphatic carbocycles. The summed E-state index contributed by atoms with van der Waals surface area (Å²) in [6, 6.07) is 15.4. The second kappa shape index (κ2) is 7.97. The molecule has 0 bridgehead atoms. The van der Waals surface area contributed by atoms with Crippen molar-refractivity contribution < 1.29 is 4.79 Å². The maximum Gasteiger partial charge on any atom is 0.249 e. The van der Waals surface area contributed by atoms with E-state index in [1.807, 2.05) is 56.3 Å². The van der Waals surface area contributed by atoms with Crippen LogP contribution < -0.4 is 5.32 Å². The first-order chi connectivity index (χ1) is 12.5. The second-order valence-electron chi connectivity index (χ2n) is 5.92. The molecule has 1 N–H and O–H groups in total. The summed E-state index contributed by atoms with van der Waals surface area (Å²) in [5, 5.41) is 7.70. The maximum atomic E-state index is 12.1. The Balaban J connectivity index is 1.73. The predicted molar refractivity (Wildman–Crippen MR) is 104 cm³/mol. The summed E-state index contributed by atoms with van der Waals surface area (Å²) in [4.78, 5) is 16.4. The van der Waals surface area contributed by atoms with Crippen LogP contribution >= 0.6 is 11.6 Å². The molecule has 2 aromatic heterocycles. The number of anilines is 1. The lowest BCUT2D eigenvalue weighted by Crippen LogP contribution is -2.09. The molecule has 132 valence electrons. The number of halogens is 1. The fourth-order valence-electron chi connectivity index (χ4n) is 2.56. The smallest absolute Gasteiger partial charge is 0.249 e. The van der Waals surface area contributed by atoms with Crippen molar-refractivity contribution in [2.24, 2.45) is 0 Å². The molecule has 26 heavy (non-hydrogen) atoms. The average molecular weight is 367 g/mol. The number of nitrogens with one attached hydrogen (secondary N) is 1. The number of hydrogen-bond acceptors (Lipinski definition) is 3. The van der Waals surface area contributed by atoms with Gasteiger partial charge in [0.25, 0.3) is 0 Å². The van der Waals surface area contributed by atoms with Gasteiger partial charge in [0, 0.05) is 17.3 Å². The Morgan fingerprint density at radius 3 is 2.65 bits per heavy atom. The number of aromatic nitrogens is 3. The highest BCUT2D eigenvalue weighted by Gasteiger charge is 2.12. The van der Waals surface area contributed by atoms with Gasteiger partial charge in [-0.1, -0.05) is 48.0 Å². The van der Waals surface area contributed by atoms with E-state index in [0.717, 1.165) is 22.5 Å². The third-order valence-electron chi connectivity index (χ3n) is 3.83. The second-order valence-corrected chi connectivity index (χ2v) is 6.28. The summed E-state index contributed by atoms with van der Waals surface area (Å²) < 4.78 is 1.73. The van der Waals surface area contributed by atoms with Crippen LogP contribution in [-0.2, 0) is 11.3 Å². The molecular formula is C20H19ClN4O. The molecule has 0 unspecified atom stereocenters. The first-order valence-electron chi connectivity index (χ1n) is 8.22. The van der Waals surface area contributed by atoms with E-state index in [0.29, 0.717) is 17.5 Å². The largest absolute Gasteiger partial charge is 0.307 e. The van der Waals surface area contributed by atoms with Crippen LogP contribution in [0.15, 0.2) is 54.6 Å². The maximum absolute atomic E-state index is 12.1. The van der Waals surface area contributed by atoms with E-state index in [1.165, 1.54) is 6.08 Å². The van der Waals surface area contributed by atoms with Crippen molar-refractivity contribution in [1.29, 1.82) is 0 Å². The van der Waals surface area contributed by atoms with E-state index < -0.39 is 0 Å². The summed E-state index contributed by atoms with van der Waals surface area (Å²) in [6.45, 7) is 4.32. The molecule has 5 nitrogen and oxygen atoms in total. The topological polar surface area (TPSA) is 59.8 Å². The molecule has 2 heterocycles. The fourth-order valence-corrected chi connectivity index (χ4v) is 2.85. The SMILES string of the molecule is Cc1cccc(NC(=O)/C=C/c2c(C)nn(Cc3ccccc3)c2Cl)n1. The van der Waals surface area contributed by atoms with Gasteiger partial charge in [-0.15, -0.1) is 0 Å². The molecular weight excluding hydrogens is 348 g/mol. The average Bonchev–Trinajstić information content (AvgIpc) is 2.87. The minimum absolute atomic E-state index is 0.269. The highest BCUT2D eigenvalue weighted by Crippen LogP contribution is 2.22. The number of benzene rings is 1. The first kappa shape index (κ1) is 17.9. The summed E-state index contributed by atoms with van der Waals surface area (Å²) in [5.74, 6) is 0.247. The Bertz CT molecular complexity index is 948. The quantitative estimate of drug-likeness (QED) is 0.687.